The summed E-state index contributed by atoms with van der Waals surface area (Å²) in [6.45, 7) is 0. The summed E-state index contributed by atoms with van der Waals surface area (Å²) in [7, 11) is 2.96. The third-order valence-corrected chi connectivity index (χ3v) is 3.38. The van der Waals surface area contributed by atoms with E-state index in [1.807, 2.05) is 0 Å². The summed E-state index contributed by atoms with van der Waals surface area (Å²) >= 11 is 3.36. The van der Waals surface area contributed by atoms with Crippen molar-refractivity contribution in [3.8, 4) is 11.5 Å². The first-order chi connectivity index (χ1) is 8.13. The maximum Gasteiger partial charge on any atom is 0.215 e. The van der Waals surface area contributed by atoms with Gasteiger partial charge in [-0.2, -0.15) is 0 Å². The molecule has 0 bridgehead atoms. The molecular weight excluding hydrogens is 290 g/mol. The summed E-state index contributed by atoms with van der Waals surface area (Å²) in [6, 6.07) is 1.73. The van der Waals surface area contributed by atoms with Crippen molar-refractivity contribution in [3.63, 3.8) is 0 Å². The van der Waals surface area contributed by atoms with Crippen molar-refractivity contribution in [1.82, 2.24) is 0 Å². The van der Waals surface area contributed by atoms with Gasteiger partial charge in [0.15, 0.2) is 11.5 Å². The summed E-state index contributed by atoms with van der Waals surface area (Å²) < 4.78 is 11.1. The number of Topliss-reactive ketones (excluding diaryl/α,β-unsaturated/α-hetero) is 1. The summed E-state index contributed by atoms with van der Waals surface area (Å²) in [6.07, 6.45) is 0.283. The van der Waals surface area contributed by atoms with Crippen LogP contribution in [0.25, 0.3) is 0 Å². The minimum Gasteiger partial charge on any atom is -0.493 e. The van der Waals surface area contributed by atoms with Crippen LogP contribution in [0, 0.1) is 0 Å². The Morgan fingerprint density at radius 2 is 2.12 bits per heavy atom. The van der Waals surface area contributed by atoms with Crippen molar-refractivity contribution >= 4 is 27.4 Å². The quantitative estimate of drug-likeness (QED) is 0.670. The van der Waals surface area contributed by atoms with E-state index in [0.29, 0.717) is 17.1 Å². The van der Waals surface area contributed by atoms with Crippen LogP contribution in [0.1, 0.15) is 15.9 Å². The van der Waals surface area contributed by atoms with Gasteiger partial charge in [0, 0.05) is 10.9 Å². The Hall–Kier alpha value is -1.56. The molecule has 0 unspecified atom stereocenters. The molecular formula is C11H10BrNO4. The monoisotopic (exact) mass is 299 g/mol. The lowest BCUT2D eigenvalue weighted by molar-refractivity contribution is 0.106. The van der Waals surface area contributed by atoms with Gasteiger partial charge in [0.2, 0.25) is 5.78 Å². The molecule has 17 heavy (non-hydrogen) atoms. The topological polar surface area (TPSA) is 68.1 Å². The van der Waals surface area contributed by atoms with Crippen molar-refractivity contribution < 1.29 is 19.5 Å². The highest BCUT2D eigenvalue weighted by Crippen LogP contribution is 2.41. The molecule has 90 valence electrons. The van der Waals surface area contributed by atoms with Crippen LogP contribution < -0.4 is 9.47 Å². The van der Waals surface area contributed by atoms with Gasteiger partial charge < -0.3 is 14.7 Å². The number of carbonyl (C=O) groups excluding carboxylic acids is 1. The predicted octanol–water partition coefficient (Wildman–Crippen LogP) is 2.04. The van der Waals surface area contributed by atoms with Crippen LogP contribution in [0.5, 0.6) is 11.5 Å². The Kier molecular flexibility index (Phi) is 3.06. The third kappa shape index (κ3) is 1.68. The molecule has 0 saturated heterocycles. The molecule has 0 heterocycles. The molecule has 0 saturated carbocycles. The Morgan fingerprint density at radius 1 is 1.41 bits per heavy atom. The predicted molar refractivity (Wildman–Crippen MR) is 64.5 cm³/mol. The number of carbonyl (C=O) groups is 1. The molecule has 0 amide bonds. The van der Waals surface area contributed by atoms with Crippen LogP contribution in [-0.2, 0) is 6.42 Å². The number of methoxy groups -OCH3 is 2. The zero-order chi connectivity index (χ0) is 12.6. The Balaban J connectivity index is 2.73. The number of benzene rings is 1. The lowest BCUT2D eigenvalue weighted by Crippen LogP contribution is -2.08. The molecule has 0 fully saturated rings. The Bertz CT molecular complexity index is 525. The first-order valence-corrected chi connectivity index (χ1v) is 5.62. The first kappa shape index (κ1) is 11.9. The lowest BCUT2D eigenvalue weighted by atomic mass is 10.1. The van der Waals surface area contributed by atoms with Crippen molar-refractivity contribution in [1.29, 1.82) is 0 Å². The van der Waals surface area contributed by atoms with Gasteiger partial charge in [-0.1, -0.05) is 21.1 Å². The van der Waals surface area contributed by atoms with Crippen molar-refractivity contribution in [2.24, 2.45) is 5.16 Å². The molecule has 1 aliphatic carbocycles. The minimum absolute atomic E-state index is 0.104. The molecule has 1 N–H and O–H groups in total. The van der Waals surface area contributed by atoms with Gasteiger partial charge in [-0.05, 0) is 11.6 Å². The van der Waals surface area contributed by atoms with E-state index < -0.39 is 0 Å². The molecule has 2 rings (SSSR count). The fourth-order valence-electron chi connectivity index (χ4n) is 1.89. The van der Waals surface area contributed by atoms with Crippen LogP contribution in [0.2, 0.25) is 0 Å². The van der Waals surface area contributed by atoms with E-state index in [0.717, 1.165) is 10.0 Å². The summed E-state index contributed by atoms with van der Waals surface area (Å²) in [5.41, 5.74) is 1.25. The van der Waals surface area contributed by atoms with E-state index in [4.69, 9.17) is 14.7 Å². The fraction of sp³-hybridized carbons (Fsp3) is 0.273. The Labute approximate surface area is 106 Å². The highest BCUT2D eigenvalue weighted by molar-refractivity contribution is 9.10. The molecule has 0 radical (unpaired) electrons. The van der Waals surface area contributed by atoms with Crippen LogP contribution in [0.4, 0.5) is 0 Å². The molecule has 1 aromatic rings. The maximum absolute atomic E-state index is 12.0. The second-order valence-corrected chi connectivity index (χ2v) is 4.35. The highest BCUT2D eigenvalue weighted by atomic mass is 79.9. The number of halogens is 1. The van der Waals surface area contributed by atoms with Crippen LogP contribution in [0.15, 0.2) is 15.7 Å². The zero-order valence-corrected chi connectivity index (χ0v) is 10.9. The molecule has 0 aliphatic heterocycles. The van der Waals surface area contributed by atoms with Crippen molar-refractivity contribution in [3.05, 3.63) is 21.7 Å². The Morgan fingerprint density at radius 3 is 2.65 bits per heavy atom. The van der Waals surface area contributed by atoms with Gasteiger partial charge in [-0.15, -0.1) is 0 Å². The van der Waals surface area contributed by atoms with Gasteiger partial charge >= 0.3 is 0 Å². The number of nitrogens with zero attached hydrogens (tertiary/aromatic N) is 1. The van der Waals surface area contributed by atoms with Crippen LogP contribution in [0.3, 0.4) is 0 Å². The number of rotatable bonds is 2. The number of fused-ring (bicyclic) bond motifs is 1. The van der Waals surface area contributed by atoms with Crippen molar-refractivity contribution in [2.75, 3.05) is 14.2 Å². The maximum atomic E-state index is 12.0. The van der Waals surface area contributed by atoms with Gasteiger partial charge in [0.1, 0.15) is 5.71 Å². The zero-order valence-electron chi connectivity index (χ0n) is 9.28. The van der Waals surface area contributed by atoms with E-state index in [1.165, 1.54) is 14.2 Å². The largest absolute Gasteiger partial charge is 0.493 e. The second-order valence-electron chi connectivity index (χ2n) is 3.50. The van der Waals surface area contributed by atoms with E-state index in [1.54, 1.807) is 6.07 Å². The molecule has 0 spiro atoms. The van der Waals surface area contributed by atoms with Gasteiger partial charge in [0.05, 0.1) is 19.8 Å². The van der Waals surface area contributed by atoms with Gasteiger partial charge in [0.25, 0.3) is 0 Å². The number of ketones is 1. The molecule has 1 aliphatic rings. The molecule has 5 nitrogen and oxygen atoms in total. The number of hydrogen-bond acceptors (Lipinski definition) is 5. The summed E-state index contributed by atoms with van der Waals surface area (Å²) in [4.78, 5) is 12.0. The smallest absolute Gasteiger partial charge is 0.215 e. The standard InChI is InChI=1S/C11H10BrNO4/c1-16-8-4-6(12)5-3-7(13-15)10(14)9(5)11(8)17-2/h4,15H,3H2,1-2H3. The average Bonchev–Trinajstić information content (AvgIpc) is 2.67. The van der Waals surface area contributed by atoms with Gasteiger partial charge in [-0.25, -0.2) is 0 Å². The highest BCUT2D eigenvalue weighted by Gasteiger charge is 2.34. The summed E-state index contributed by atoms with van der Waals surface area (Å²) in [5.74, 6) is 0.499. The fourth-order valence-corrected chi connectivity index (χ4v) is 2.43. The van der Waals surface area contributed by atoms with Crippen molar-refractivity contribution in [2.45, 2.75) is 6.42 Å². The minimum atomic E-state index is -0.334. The van der Waals surface area contributed by atoms with E-state index in [2.05, 4.69) is 21.1 Å². The van der Waals surface area contributed by atoms with Gasteiger partial charge in [-0.3, -0.25) is 4.79 Å². The number of oxime groups is 1. The second kappa shape index (κ2) is 4.37. The van der Waals surface area contributed by atoms with E-state index >= 15 is 0 Å². The molecule has 0 atom stereocenters. The first-order valence-electron chi connectivity index (χ1n) is 4.83. The van der Waals surface area contributed by atoms with E-state index in [-0.39, 0.29) is 17.9 Å². The van der Waals surface area contributed by atoms with E-state index in [9.17, 15) is 4.79 Å². The SMILES string of the molecule is COc1cc(Br)c2c(c1OC)C(=O)C(=NO)C2. The van der Waals surface area contributed by atoms with Crippen LogP contribution >= 0.6 is 15.9 Å². The number of hydrogen-bond donors (Lipinski definition) is 1. The summed E-state index contributed by atoms with van der Waals surface area (Å²) in [5, 5.41) is 11.8. The molecule has 6 heteroatoms. The molecule has 0 aromatic heterocycles. The normalized spacial score (nSPS) is 16.2. The average molecular weight is 300 g/mol. The van der Waals surface area contributed by atoms with Crippen LogP contribution in [-0.4, -0.2) is 30.9 Å². The molecule has 1 aromatic carbocycles. The third-order valence-electron chi connectivity index (χ3n) is 2.68. The number of ether oxygens (including phenoxy) is 2. The lowest BCUT2D eigenvalue weighted by Gasteiger charge is -2.12.